The van der Waals surface area contributed by atoms with Crippen LogP contribution in [0.4, 0.5) is 15.0 Å². The lowest BCUT2D eigenvalue weighted by Crippen LogP contribution is -2.49. The Morgan fingerprint density at radius 3 is 2.78 bits per heavy atom. The van der Waals surface area contributed by atoms with Crippen LogP contribution in [0.3, 0.4) is 0 Å². The predicted octanol–water partition coefficient (Wildman–Crippen LogP) is 4.64. The normalized spacial score (nSPS) is 20.9. The molecule has 0 radical (unpaired) electrons. The van der Waals surface area contributed by atoms with Gasteiger partial charge in [-0.25, -0.2) is 19.2 Å². The number of aliphatic hydroxyl groups is 1. The number of halogens is 1. The van der Waals surface area contributed by atoms with Crippen molar-refractivity contribution in [1.82, 2.24) is 15.3 Å². The van der Waals surface area contributed by atoms with Crippen molar-refractivity contribution in [2.45, 2.75) is 51.2 Å². The number of rotatable bonds is 3. The standard InChI is InChI=1S/C27H29FN4O4/c1-15-20(14-31-25-24(15)22(33)2-7-35-25)19-8-16-10-23(30-13-17(16)9-21(19)28)32-26(34)36-18-11-27(12-18)3-5-29-6-4-27/h8-10,13-14,18,22,29,33H,2-7,11-12H2,1H3,(H,30,32,34). The molecule has 188 valence electrons. The molecule has 3 aromatic rings. The number of benzene rings is 1. The molecule has 1 unspecified atom stereocenters. The van der Waals surface area contributed by atoms with Gasteiger partial charge in [0.2, 0.25) is 5.88 Å². The Bertz CT molecular complexity index is 1330. The molecule has 4 heterocycles. The van der Waals surface area contributed by atoms with Gasteiger partial charge in [0.1, 0.15) is 17.7 Å². The van der Waals surface area contributed by atoms with Gasteiger partial charge in [-0.1, -0.05) is 0 Å². The molecule has 1 saturated carbocycles. The highest BCUT2D eigenvalue weighted by atomic mass is 19.1. The van der Waals surface area contributed by atoms with Crippen LogP contribution in [0.5, 0.6) is 5.88 Å². The van der Waals surface area contributed by atoms with Gasteiger partial charge in [-0.3, -0.25) is 5.32 Å². The number of hydrogen-bond acceptors (Lipinski definition) is 7. The van der Waals surface area contributed by atoms with Gasteiger partial charge in [0, 0.05) is 40.9 Å². The quantitative estimate of drug-likeness (QED) is 0.489. The monoisotopic (exact) mass is 492 g/mol. The van der Waals surface area contributed by atoms with Crippen molar-refractivity contribution in [3.63, 3.8) is 0 Å². The Morgan fingerprint density at radius 2 is 1.97 bits per heavy atom. The van der Waals surface area contributed by atoms with E-state index in [9.17, 15) is 9.90 Å². The molecule has 2 aliphatic heterocycles. The van der Waals surface area contributed by atoms with Crippen LogP contribution in [-0.4, -0.2) is 47.0 Å². The predicted molar refractivity (Wildman–Crippen MR) is 132 cm³/mol. The van der Waals surface area contributed by atoms with Gasteiger partial charge < -0.3 is 19.9 Å². The first-order valence-corrected chi connectivity index (χ1v) is 12.5. The maximum Gasteiger partial charge on any atom is 0.413 e. The Labute approximate surface area is 208 Å². The van der Waals surface area contributed by atoms with Gasteiger partial charge in [-0.2, -0.15) is 0 Å². The Hall–Kier alpha value is -3.30. The number of nitrogens with one attached hydrogen (secondary N) is 2. The molecule has 3 N–H and O–H groups in total. The number of carbonyl (C=O) groups is 1. The van der Waals surface area contributed by atoms with E-state index in [0.717, 1.165) is 44.3 Å². The second-order valence-electron chi connectivity index (χ2n) is 10.2. The summed E-state index contributed by atoms with van der Waals surface area (Å²) in [5.74, 6) is 0.310. The van der Waals surface area contributed by atoms with E-state index in [1.54, 1.807) is 18.3 Å². The van der Waals surface area contributed by atoms with Crippen molar-refractivity contribution in [1.29, 1.82) is 0 Å². The molecule has 2 aromatic heterocycles. The molecule has 1 spiro atoms. The van der Waals surface area contributed by atoms with Crippen LogP contribution in [-0.2, 0) is 4.74 Å². The molecule has 6 rings (SSSR count). The summed E-state index contributed by atoms with van der Waals surface area (Å²) < 4.78 is 26.3. The highest BCUT2D eigenvalue weighted by molar-refractivity contribution is 5.92. The van der Waals surface area contributed by atoms with E-state index >= 15 is 4.39 Å². The molecule has 0 bridgehead atoms. The number of anilines is 1. The maximum absolute atomic E-state index is 15.1. The average Bonchev–Trinajstić information content (AvgIpc) is 2.84. The first kappa shape index (κ1) is 23.1. The van der Waals surface area contributed by atoms with E-state index in [2.05, 4.69) is 20.6 Å². The van der Waals surface area contributed by atoms with Gasteiger partial charge in [0.05, 0.1) is 12.7 Å². The van der Waals surface area contributed by atoms with E-state index in [-0.39, 0.29) is 6.10 Å². The summed E-state index contributed by atoms with van der Waals surface area (Å²) in [6.45, 7) is 4.28. The average molecular weight is 493 g/mol. The number of pyridine rings is 2. The van der Waals surface area contributed by atoms with Crippen molar-refractivity contribution < 1.29 is 23.8 Å². The van der Waals surface area contributed by atoms with Crippen molar-refractivity contribution in [3.8, 4) is 17.0 Å². The highest BCUT2D eigenvalue weighted by Gasteiger charge is 2.46. The third-order valence-electron chi connectivity index (χ3n) is 7.90. The third-order valence-corrected chi connectivity index (χ3v) is 7.90. The molecule has 8 nitrogen and oxygen atoms in total. The second-order valence-corrected chi connectivity index (χ2v) is 10.2. The Morgan fingerprint density at radius 1 is 1.17 bits per heavy atom. The van der Waals surface area contributed by atoms with E-state index in [4.69, 9.17) is 9.47 Å². The van der Waals surface area contributed by atoms with Crippen LogP contribution >= 0.6 is 0 Å². The summed E-state index contributed by atoms with van der Waals surface area (Å²) in [6, 6.07) is 4.83. The zero-order valence-corrected chi connectivity index (χ0v) is 20.1. The molecule has 2 fully saturated rings. The van der Waals surface area contributed by atoms with Crippen LogP contribution in [0.15, 0.2) is 30.6 Å². The summed E-state index contributed by atoms with van der Waals surface area (Å²) in [7, 11) is 0. The van der Waals surface area contributed by atoms with E-state index in [0.29, 0.717) is 57.6 Å². The Balaban J connectivity index is 1.21. The van der Waals surface area contributed by atoms with Gasteiger partial charge in [-0.05, 0) is 80.3 Å². The van der Waals surface area contributed by atoms with Crippen molar-refractivity contribution in [2.75, 3.05) is 25.0 Å². The van der Waals surface area contributed by atoms with E-state index < -0.39 is 18.0 Å². The molecule has 1 amide bonds. The van der Waals surface area contributed by atoms with Crippen LogP contribution in [0, 0.1) is 18.2 Å². The fraction of sp³-hybridized carbons (Fsp3) is 0.444. The van der Waals surface area contributed by atoms with E-state index in [1.165, 1.54) is 12.3 Å². The number of piperidine rings is 1. The molecule has 1 atom stereocenters. The number of amides is 1. The fourth-order valence-corrected chi connectivity index (χ4v) is 5.87. The van der Waals surface area contributed by atoms with Gasteiger partial charge in [-0.15, -0.1) is 0 Å². The largest absolute Gasteiger partial charge is 0.477 e. The summed E-state index contributed by atoms with van der Waals surface area (Å²) in [5.41, 5.74) is 2.59. The number of aliphatic hydroxyl groups excluding tert-OH is 1. The molecule has 1 aliphatic carbocycles. The fourth-order valence-electron chi connectivity index (χ4n) is 5.87. The topological polar surface area (TPSA) is 106 Å². The number of hydrogen-bond donors (Lipinski definition) is 3. The lowest BCUT2D eigenvalue weighted by atomic mass is 9.62. The lowest BCUT2D eigenvalue weighted by molar-refractivity contribution is -0.0539. The van der Waals surface area contributed by atoms with Crippen LogP contribution in [0.1, 0.15) is 49.3 Å². The molecule has 1 aromatic carbocycles. The number of nitrogens with zero attached hydrogens (tertiary/aromatic N) is 2. The summed E-state index contributed by atoms with van der Waals surface area (Å²) >= 11 is 0. The third kappa shape index (κ3) is 4.16. The SMILES string of the molecule is Cc1c(-c2cc3cc(NC(=O)OC4CC5(CCNCC5)C4)ncc3cc2F)cnc2c1C(O)CCO2. The zero-order chi connectivity index (χ0) is 24.9. The second kappa shape index (κ2) is 8.97. The van der Waals surface area contributed by atoms with Crippen molar-refractivity contribution in [2.24, 2.45) is 5.41 Å². The molecule has 36 heavy (non-hydrogen) atoms. The molecule has 1 saturated heterocycles. The minimum atomic E-state index is -0.698. The first-order chi connectivity index (χ1) is 17.4. The minimum Gasteiger partial charge on any atom is -0.477 e. The number of carbonyl (C=O) groups excluding carboxylic acids is 1. The summed E-state index contributed by atoms with van der Waals surface area (Å²) in [6.07, 6.45) is 6.35. The molecular weight excluding hydrogens is 463 g/mol. The number of fused-ring (bicyclic) bond motifs is 2. The number of ether oxygens (including phenoxy) is 2. The van der Waals surface area contributed by atoms with Crippen LogP contribution in [0.2, 0.25) is 0 Å². The zero-order valence-electron chi connectivity index (χ0n) is 20.1. The van der Waals surface area contributed by atoms with Crippen molar-refractivity contribution in [3.05, 3.63) is 47.5 Å². The summed E-state index contributed by atoms with van der Waals surface area (Å²) in [5, 5.41) is 17.9. The van der Waals surface area contributed by atoms with Gasteiger partial charge in [0.25, 0.3) is 0 Å². The van der Waals surface area contributed by atoms with E-state index in [1.807, 2.05) is 6.92 Å². The summed E-state index contributed by atoms with van der Waals surface area (Å²) in [4.78, 5) is 21.1. The maximum atomic E-state index is 15.1. The van der Waals surface area contributed by atoms with Crippen molar-refractivity contribution >= 4 is 22.7 Å². The van der Waals surface area contributed by atoms with Gasteiger partial charge in [0.15, 0.2) is 0 Å². The van der Waals surface area contributed by atoms with Gasteiger partial charge >= 0.3 is 6.09 Å². The first-order valence-electron chi connectivity index (χ1n) is 12.5. The number of aromatic nitrogens is 2. The molecular formula is C27H29FN4O4. The Kier molecular flexibility index (Phi) is 5.76. The molecule has 9 heteroatoms. The minimum absolute atomic E-state index is 0.0666. The van der Waals surface area contributed by atoms with Crippen LogP contribution in [0.25, 0.3) is 21.9 Å². The van der Waals surface area contributed by atoms with Crippen LogP contribution < -0.4 is 15.4 Å². The smallest absolute Gasteiger partial charge is 0.413 e. The molecule has 3 aliphatic rings. The lowest BCUT2D eigenvalue weighted by Gasteiger charge is -2.49. The highest BCUT2D eigenvalue weighted by Crippen LogP contribution is 2.49.